The zero-order valence-corrected chi connectivity index (χ0v) is 11.5. The van der Waals surface area contributed by atoms with Crippen LogP contribution >= 0.6 is 12.2 Å². The van der Waals surface area contributed by atoms with Gasteiger partial charge in [0, 0.05) is 32.0 Å². The van der Waals surface area contributed by atoms with Crippen LogP contribution in [0.1, 0.15) is 16.1 Å². The van der Waals surface area contributed by atoms with E-state index in [0.717, 1.165) is 0 Å². The largest absolute Gasteiger partial charge is 0.395 e. The van der Waals surface area contributed by atoms with Crippen LogP contribution in [-0.4, -0.2) is 59.3 Å². The summed E-state index contributed by atoms with van der Waals surface area (Å²) in [5.41, 5.74) is 6.35. The number of hydrogen-bond acceptors (Lipinski definition) is 5. The van der Waals surface area contributed by atoms with Gasteiger partial charge in [-0.25, -0.2) is 0 Å². The minimum Gasteiger partial charge on any atom is -0.395 e. The zero-order chi connectivity index (χ0) is 14.3. The Hall–Kier alpha value is -1.57. The molecule has 0 aliphatic carbocycles. The van der Waals surface area contributed by atoms with Crippen LogP contribution in [0.2, 0.25) is 0 Å². The molecular formula is C12H17N3O3S. The molecule has 1 amide bonds. The van der Waals surface area contributed by atoms with Crippen molar-refractivity contribution in [2.75, 3.05) is 33.4 Å². The van der Waals surface area contributed by atoms with Crippen LogP contribution in [0.25, 0.3) is 0 Å². The summed E-state index contributed by atoms with van der Waals surface area (Å²) in [6.07, 6.45) is 1.46. The Balaban J connectivity index is 2.80. The Morgan fingerprint density at radius 2 is 2.26 bits per heavy atom. The number of aromatic nitrogens is 1. The van der Waals surface area contributed by atoms with Crippen molar-refractivity contribution in [1.82, 2.24) is 9.88 Å². The van der Waals surface area contributed by atoms with Crippen molar-refractivity contribution in [3.63, 3.8) is 0 Å². The second-order valence-corrected chi connectivity index (χ2v) is 4.24. The van der Waals surface area contributed by atoms with Crippen LogP contribution in [0.15, 0.2) is 18.3 Å². The van der Waals surface area contributed by atoms with Crippen molar-refractivity contribution in [1.29, 1.82) is 0 Å². The molecule has 0 saturated heterocycles. The standard InChI is InChI=1S/C12H17N3O3S/c1-18-7-5-15(4-6-16)12(17)10-3-2-9(8-14-10)11(13)19/h2-3,8,16H,4-7H2,1H3,(H2,13,19). The summed E-state index contributed by atoms with van der Waals surface area (Å²) < 4.78 is 4.93. The molecule has 0 atom stereocenters. The van der Waals surface area contributed by atoms with E-state index in [0.29, 0.717) is 18.7 Å². The lowest BCUT2D eigenvalue weighted by atomic mass is 10.2. The van der Waals surface area contributed by atoms with Crippen LogP contribution in [0, 0.1) is 0 Å². The number of ether oxygens (including phenoxy) is 1. The molecule has 19 heavy (non-hydrogen) atoms. The van der Waals surface area contributed by atoms with Gasteiger partial charge in [-0.3, -0.25) is 9.78 Å². The number of amides is 1. The van der Waals surface area contributed by atoms with Crippen LogP contribution in [0.5, 0.6) is 0 Å². The molecule has 104 valence electrons. The number of thiocarbonyl (C=S) groups is 1. The molecule has 0 aliphatic heterocycles. The van der Waals surface area contributed by atoms with Crippen LogP contribution < -0.4 is 5.73 Å². The fourth-order valence-electron chi connectivity index (χ4n) is 1.47. The first kappa shape index (κ1) is 15.5. The van der Waals surface area contributed by atoms with Gasteiger partial charge in [-0.15, -0.1) is 0 Å². The average molecular weight is 283 g/mol. The molecule has 6 nitrogen and oxygen atoms in total. The predicted molar refractivity (Wildman–Crippen MR) is 75.0 cm³/mol. The maximum Gasteiger partial charge on any atom is 0.272 e. The number of hydrogen-bond donors (Lipinski definition) is 2. The minimum atomic E-state index is -0.263. The van der Waals surface area contributed by atoms with Crippen LogP contribution in [0.3, 0.4) is 0 Å². The van der Waals surface area contributed by atoms with E-state index in [2.05, 4.69) is 4.98 Å². The second-order valence-electron chi connectivity index (χ2n) is 3.80. The van der Waals surface area contributed by atoms with Crippen molar-refractivity contribution in [2.45, 2.75) is 0 Å². The summed E-state index contributed by atoms with van der Waals surface area (Å²) in [6.45, 7) is 0.923. The normalized spacial score (nSPS) is 10.2. The van der Waals surface area contributed by atoms with Crippen LogP contribution in [-0.2, 0) is 4.74 Å². The molecule has 0 saturated carbocycles. The Labute approximate surface area is 117 Å². The van der Waals surface area contributed by atoms with Crippen molar-refractivity contribution < 1.29 is 14.6 Å². The van der Waals surface area contributed by atoms with E-state index in [1.807, 2.05) is 0 Å². The van der Waals surface area contributed by atoms with Gasteiger partial charge in [0.15, 0.2) is 0 Å². The summed E-state index contributed by atoms with van der Waals surface area (Å²) in [4.78, 5) is 17.9. The summed E-state index contributed by atoms with van der Waals surface area (Å²) >= 11 is 4.81. The third-order valence-corrected chi connectivity index (χ3v) is 2.73. The lowest BCUT2D eigenvalue weighted by molar-refractivity contribution is 0.0651. The molecule has 1 aromatic rings. The molecular weight excluding hydrogens is 266 g/mol. The molecule has 0 fully saturated rings. The number of carbonyl (C=O) groups is 1. The third kappa shape index (κ3) is 4.55. The minimum absolute atomic E-state index is 0.111. The molecule has 0 radical (unpaired) electrons. The van der Waals surface area contributed by atoms with E-state index in [4.69, 9.17) is 27.8 Å². The third-order valence-electron chi connectivity index (χ3n) is 2.49. The van der Waals surface area contributed by atoms with Crippen LogP contribution in [0.4, 0.5) is 0 Å². The lowest BCUT2D eigenvalue weighted by Crippen LogP contribution is -2.36. The lowest BCUT2D eigenvalue weighted by Gasteiger charge is -2.20. The Morgan fingerprint density at radius 1 is 1.53 bits per heavy atom. The van der Waals surface area contributed by atoms with E-state index in [-0.39, 0.29) is 29.7 Å². The van der Waals surface area contributed by atoms with E-state index in [9.17, 15) is 4.79 Å². The highest BCUT2D eigenvalue weighted by Crippen LogP contribution is 2.04. The molecule has 0 aromatic carbocycles. The number of aliphatic hydroxyl groups is 1. The molecule has 0 bridgehead atoms. The van der Waals surface area contributed by atoms with E-state index in [1.165, 1.54) is 11.1 Å². The van der Waals surface area contributed by atoms with Gasteiger partial charge in [-0.05, 0) is 12.1 Å². The highest BCUT2D eigenvalue weighted by molar-refractivity contribution is 7.80. The number of rotatable bonds is 7. The number of pyridine rings is 1. The highest BCUT2D eigenvalue weighted by Gasteiger charge is 2.16. The van der Waals surface area contributed by atoms with Gasteiger partial charge in [-0.1, -0.05) is 12.2 Å². The zero-order valence-electron chi connectivity index (χ0n) is 10.7. The second kappa shape index (κ2) is 7.78. The smallest absolute Gasteiger partial charge is 0.272 e. The van der Waals surface area contributed by atoms with Gasteiger partial charge < -0.3 is 20.5 Å². The van der Waals surface area contributed by atoms with E-state index < -0.39 is 0 Å². The number of aliphatic hydroxyl groups excluding tert-OH is 1. The first-order chi connectivity index (χ1) is 9.10. The topological polar surface area (TPSA) is 88.7 Å². The van der Waals surface area contributed by atoms with Gasteiger partial charge in [0.1, 0.15) is 10.7 Å². The quantitative estimate of drug-likeness (QED) is 0.674. The number of nitrogens with zero attached hydrogens (tertiary/aromatic N) is 2. The molecule has 0 aliphatic rings. The Bertz CT molecular complexity index is 436. The highest BCUT2D eigenvalue weighted by atomic mass is 32.1. The predicted octanol–water partition coefficient (Wildman–Crippen LogP) is -0.203. The summed E-state index contributed by atoms with van der Waals surface area (Å²) in [5.74, 6) is -0.263. The van der Waals surface area contributed by atoms with Crippen molar-refractivity contribution in [3.05, 3.63) is 29.6 Å². The molecule has 1 aromatic heterocycles. The Morgan fingerprint density at radius 3 is 2.74 bits per heavy atom. The monoisotopic (exact) mass is 283 g/mol. The molecule has 0 unspecified atom stereocenters. The fourth-order valence-corrected chi connectivity index (χ4v) is 1.59. The van der Waals surface area contributed by atoms with Gasteiger partial charge in [0.25, 0.3) is 5.91 Å². The summed E-state index contributed by atoms with van der Waals surface area (Å²) in [5, 5.41) is 8.96. The van der Waals surface area contributed by atoms with Gasteiger partial charge >= 0.3 is 0 Å². The summed E-state index contributed by atoms with van der Waals surface area (Å²) in [7, 11) is 1.55. The van der Waals surface area contributed by atoms with Crippen molar-refractivity contribution in [3.8, 4) is 0 Å². The first-order valence-corrected chi connectivity index (χ1v) is 6.16. The molecule has 1 heterocycles. The molecule has 1 rings (SSSR count). The number of nitrogens with two attached hydrogens (primary N) is 1. The van der Waals surface area contributed by atoms with Gasteiger partial charge in [0.05, 0.1) is 13.2 Å². The van der Waals surface area contributed by atoms with E-state index in [1.54, 1.807) is 19.2 Å². The SMILES string of the molecule is COCCN(CCO)C(=O)c1ccc(C(N)=S)cn1. The Kier molecular flexibility index (Phi) is 6.34. The van der Waals surface area contributed by atoms with Crippen molar-refractivity contribution >= 4 is 23.1 Å². The number of carbonyl (C=O) groups excluding carboxylic acids is 1. The maximum atomic E-state index is 12.2. The molecule has 0 spiro atoms. The van der Waals surface area contributed by atoms with Gasteiger partial charge in [0.2, 0.25) is 0 Å². The number of methoxy groups -OCH3 is 1. The average Bonchev–Trinajstić information content (AvgIpc) is 2.42. The first-order valence-electron chi connectivity index (χ1n) is 5.75. The maximum absolute atomic E-state index is 12.2. The van der Waals surface area contributed by atoms with Crippen molar-refractivity contribution in [2.24, 2.45) is 5.73 Å². The van der Waals surface area contributed by atoms with Gasteiger partial charge in [-0.2, -0.15) is 0 Å². The molecule has 7 heteroatoms. The van der Waals surface area contributed by atoms with E-state index >= 15 is 0 Å². The molecule has 3 N–H and O–H groups in total. The fraction of sp³-hybridized carbons (Fsp3) is 0.417. The summed E-state index contributed by atoms with van der Waals surface area (Å²) in [6, 6.07) is 3.21.